The molecule has 0 N–H and O–H groups in total. The van der Waals surface area contributed by atoms with Gasteiger partial charge in [0.25, 0.3) is 0 Å². The molecular weight excluding hydrogens is 232 g/mol. The second kappa shape index (κ2) is 7.90. The SMILES string of the molecule is C=CCCCC(C(=O)OCC)C(=O)OC(C)(C)C. The molecule has 0 rings (SSSR count). The molecule has 0 saturated heterocycles. The Bertz CT molecular complexity index is 289. The second-order valence-corrected chi connectivity index (χ2v) is 5.06. The van der Waals surface area contributed by atoms with Gasteiger partial charge in [-0.3, -0.25) is 9.59 Å². The highest BCUT2D eigenvalue weighted by atomic mass is 16.6. The molecule has 104 valence electrons. The lowest BCUT2D eigenvalue weighted by molar-refractivity contribution is -0.169. The Kier molecular flexibility index (Phi) is 7.32. The lowest BCUT2D eigenvalue weighted by Crippen LogP contribution is -2.33. The number of carbonyl (C=O) groups is 2. The van der Waals surface area contributed by atoms with Gasteiger partial charge in [-0.15, -0.1) is 6.58 Å². The van der Waals surface area contributed by atoms with Crippen LogP contribution in [0.25, 0.3) is 0 Å². The van der Waals surface area contributed by atoms with E-state index in [0.717, 1.165) is 6.42 Å². The number of carbonyl (C=O) groups excluding carboxylic acids is 2. The number of hydrogen-bond donors (Lipinski definition) is 0. The number of unbranched alkanes of at least 4 members (excludes halogenated alkanes) is 1. The summed E-state index contributed by atoms with van der Waals surface area (Å²) in [6.45, 7) is 10.9. The van der Waals surface area contributed by atoms with Crippen LogP contribution in [0.3, 0.4) is 0 Å². The standard InChI is InChI=1S/C14H24O4/c1-6-8-9-10-11(12(15)17-7-2)13(16)18-14(3,4)5/h6,11H,1,7-10H2,2-5H3. The molecule has 0 fully saturated rings. The van der Waals surface area contributed by atoms with Crippen molar-refractivity contribution in [3.05, 3.63) is 12.7 Å². The fourth-order valence-electron chi connectivity index (χ4n) is 1.41. The third-order valence-corrected chi connectivity index (χ3v) is 2.16. The van der Waals surface area contributed by atoms with Crippen molar-refractivity contribution in [3.63, 3.8) is 0 Å². The third kappa shape index (κ3) is 7.09. The lowest BCUT2D eigenvalue weighted by Gasteiger charge is -2.23. The zero-order chi connectivity index (χ0) is 14.2. The first kappa shape index (κ1) is 16.7. The molecule has 18 heavy (non-hydrogen) atoms. The highest BCUT2D eigenvalue weighted by Gasteiger charge is 2.31. The topological polar surface area (TPSA) is 52.6 Å². The first-order valence-electron chi connectivity index (χ1n) is 6.32. The minimum atomic E-state index is -0.830. The first-order chi connectivity index (χ1) is 8.31. The summed E-state index contributed by atoms with van der Waals surface area (Å²) in [6.07, 6.45) is 3.67. The van der Waals surface area contributed by atoms with E-state index in [1.807, 2.05) is 0 Å². The summed E-state index contributed by atoms with van der Waals surface area (Å²) < 4.78 is 10.1. The quantitative estimate of drug-likeness (QED) is 0.304. The molecule has 0 aliphatic rings. The first-order valence-corrected chi connectivity index (χ1v) is 6.32. The van der Waals surface area contributed by atoms with Crippen LogP contribution < -0.4 is 0 Å². The molecule has 0 saturated carbocycles. The molecule has 0 aromatic carbocycles. The number of rotatable bonds is 7. The molecule has 1 atom stereocenters. The van der Waals surface area contributed by atoms with Gasteiger partial charge in [0, 0.05) is 0 Å². The summed E-state index contributed by atoms with van der Waals surface area (Å²) in [5.74, 6) is -1.84. The number of hydrogen-bond acceptors (Lipinski definition) is 4. The molecule has 0 amide bonds. The van der Waals surface area contributed by atoms with Crippen LogP contribution in [0.1, 0.15) is 47.0 Å². The molecule has 0 bridgehead atoms. The minimum Gasteiger partial charge on any atom is -0.465 e. The average Bonchev–Trinajstić information content (AvgIpc) is 2.22. The van der Waals surface area contributed by atoms with E-state index in [9.17, 15) is 9.59 Å². The fraction of sp³-hybridized carbons (Fsp3) is 0.714. The van der Waals surface area contributed by atoms with Gasteiger partial charge in [0.05, 0.1) is 6.61 Å². The Balaban J connectivity index is 4.58. The zero-order valence-corrected chi connectivity index (χ0v) is 11.8. The van der Waals surface area contributed by atoms with Crippen molar-refractivity contribution in [3.8, 4) is 0 Å². The van der Waals surface area contributed by atoms with Gasteiger partial charge in [0.2, 0.25) is 0 Å². The second-order valence-electron chi connectivity index (χ2n) is 5.06. The highest BCUT2D eigenvalue weighted by molar-refractivity contribution is 5.95. The van der Waals surface area contributed by atoms with E-state index in [1.54, 1.807) is 33.8 Å². The molecular formula is C14H24O4. The van der Waals surface area contributed by atoms with Gasteiger partial charge >= 0.3 is 11.9 Å². The van der Waals surface area contributed by atoms with Gasteiger partial charge in [-0.25, -0.2) is 0 Å². The highest BCUT2D eigenvalue weighted by Crippen LogP contribution is 2.17. The Morgan fingerprint density at radius 1 is 1.28 bits per heavy atom. The monoisotopic (exact) mass is 256 g/mol. The molecule has 1 unspecified atom stereocenters. The molecule has 0 heterocycles. The van der Waals surface area contributed by atoms with Crippen molar-refractivity contribution in [2.24, 2.45) is 5.92 Å². The molecule has 0 aromatic heterocycles. The van der Waals surface area contributed by atoms with Crippen LogP contribution in [0.2, 0.25) is 0 Å². The van der Waals surface area contributed by atoms with Gasteiger partial charge in [0.15, 0.2) is 5.92 Å². The molecule has 0 aliphatic carbocycles. The van der Waals surface area contributed by atoms with E-state index >= 15 is 0 Å². The normalized spacial score (nSPS) is 12.7. The molecule has 4 heteroatoms. The van der Waals surface area contributed by atoms with E-state index in [1.165, 1.54) is 0 Å². The van der Waals surface area contributed by atoms with Crippen LogP contribution in [-0.4, -0.2) is 24.1 Å². The van der Waals surface area contributed by atoms with Crippen LogP contribution >= 0.6 is 0 Å². The summed E-state index contributed by atoms with van der Waals surface area (Å²) in [5.41, 5.74) is -0.597. The van der Waals surface area contributed by atoms with Crippen molar-refractivity contribution >= 4 is 11.9 Å². The van der Waals surface area contributed by atoms with E-state index in [0.29, 0.717) is 12.8 Å². The van der Waals surface area contributed by atoms with Crippen LogP contribution in [-0.2, 0) is 19.1 Å². The lowest BCUT2D eigenvalue weighted by atomic mass is 10.0. The van der Waals surface area contributed by atoms with E-state index < -0.39 is 23.5 Å². The zero-order valence-electron chi connectivity index (χ0n) is 11.8. The average molecular weight is 256 g/mol. The van der Waals surface area contributed by atoms with Crippen LogP contribution in [0.4, 0.5) is 0 Å². The van der Waals surface area contributed by atoms with Crippen molar-refractivity contribution in [2.75, 3.05) is 6.61 Å². The van der Waals surface area contributed by atoms with Gasteiger partial charge in [-0.1, -0.05) is 6.08 Å². The van der Waals surface area contributed by atoms with Crippen LogP contribution in [0.15, 0.2) is 12.7 Å². The molecule has 0 aromatic rings. The van der Waals surface area contributed by atoms with Crippen LogP contribution in [0, 0.1) is 5.92 Å². The largest absolute Gasteiger partial charge is 0.465 e. The summed E-state index contributed by atoms with van der Waals surface area (Å²) in [7, 11) is 0. The fourth-order valence-corrected chi connectivity index (χ4v) is 1.41. The predicted molar refractivity (Wildman–Crippen MR) is 70.0 cm³/mol. The third-order valence-electron chi connectivity index (χ3n) is 2.16. The maximum Gasteiger partial charge on any atom is 0.320 e. The summed E-state index contributed by atoms with van der Waals surface area (Å²) >= 11 is 0. The van der Waals surface area contributed by atoms with Crippen molar-refractivity contribution in [2.45, 2.75) is 52.6 Å². The Labute approximate surface area is 109 Å². The van der Waals surface area contributed by atoms with E-state index in [2.05, 4.69) is 6.58 Å². The summed E-state index contributed by atoms with van der Waals surface area (Å²) in [6, 6.07) is 0. The molecule has 0 aliphatic heterocycles. The van der Waals surface area contributed by atoms with Crippen LogP contribution in [0.5, 0.6) is 0 Å². The predicted octanol–water partition coefficient (Wildman–Crippen LogP) is 2.86. The van der Waals surface area contributed by atoms with Gasteiger partial charge < -0.3 is 9.47 Å². The van der Waals surface area contributed by atoms with Crippen molar-refractivity contribution < 1.29 is 19.1 Å². The maximum atomic E-state index is 11.9. The van der Waals surface area contributed by atoms with Gasteiger partial charge in [-0.05, 0) is 47.0 Å². The number of esters is 2. The molecule has 4 nitrogen and oxygen atoms in total. The summed E-state index contributed by atoms with van der Waals surface area (Å²) in [4.78, 5) is 23.6. The molecule has 0 radical (unpaired) electrons. The summed E-state index contributed by atoms with van der Waals surface area (Å²) in [5, 5.41) is 0. The number of ether oxygens (including phenoxy) is 2. The maximum absolute atomic E-state index is 11.9. The molecule has 0 spiro atoms. The van der Waals surface area contributed by atoms with Crippen molar-refractivity contribution in [1.82, 2.24) is 0 Å². The Morgan fingerprint density at radius 3 is 2.33 bits per heavy atom. The van der Waals surface area contributed by atoms with E-state index in [-0.39, 0.29) is 6.61 Å². The smallest absolute Gasteiger partial charge is 0.320 e. The minimum absolute atomic E-state index is 0.263. The van der Waals surface area contributed by atoms with E-state index in [4.69, 9.17) is 9.47 Å². The Hall–Kier alpha value is -1.32. The Morgan fingerprint density at radius 2 is 1.89 bits per heavy atom. The van der Waals surface area contributed by atoms with Gasteiger partial charge in [-0.2, -0.15) is 0 Å². The van der Waals surface area contributed by atoms with Crippen molar-refractivity contribution in [1.29, 1.82) is 0 Å². The van der Waals surface area contributed by atoms with Gasteiger partial charge in [0.1, 0.15) is 5.60 Å². The number of allylic oxidation sites excluding steroid dienone is 1.